The van der Waals surface area contributed by atoms with Crippen LogP contribution in [0.1, 0.15) is 57.2 Å². The lowest BCUT2D eigenvalue weighted by atomic mass is 9.53. The molecule has 0 spiro atoms. The number of aromatic nitrogens is 4. The van der Waals surface area contributed by atoms with Crippen molar-refractivity contribution in [3.8, 4) is 0 Å². The zero-order valence-electron chi connectivity index (χ0n) is 12.0. The normalized spacial score (nSPS) is 42.3. The summed E-state index contributed by atoms with van der Waals surface area (Å²) < 4.78 is 2.23. The van der Waals surface area contributed by atoms with Crippen molar-refractivity contribution in [2.45, 2.75) is 69.5 Å². The molecular formula is C15H23N5. The van der Waals surface area contributed by atoms with Crippen LogP contribution in [0.5, 0.6) is 0 Å². The van der Waals surface area contributed by atoms with Gasteiger partial charge < -0.3 is 5.32 Å². The lowest BCUT2D eigenvalue weighted by Crippen LogP contribution is -2.53. The first-order valence-corrected chi connectivity index (χ1v) is 8.32. The van der Waals surface area contributed by atoms with Crippen molar-refractivity contribution in [3.63, 3.8) is 0 Å². The van der Waals surface area contributed by atoms with Crippen LogP contribution in [0.15, 0.2) is 0 Å². The molecule has 5 aliphatic rings. The maximum Gasteiger partial charge on any atom is 0.165 e. The lowest BCUT2D eigenvalue weighted by Gasteiger charge is -2.56. The Bertz CT molecular complexity index is 483. The van der Waals surface area contributed by atoms with E-state index < -0.39 is 0 Å². The van der Waals surface area contributed by atoms with E-state index in [1.807, 2.05) is 0 Å². The maximum absolute atomic E-state index is 4.42. The molecule has 0 saturated heterocycles. The fraction of sp³-hybridized carbons (Fsp3) is 0.933. The van der Waals surface area contributed by atoms with E-state index in [1.54, 1.807) is 0 Å². The molecule has 5 heteroatoms. The highest BCUT2D eigenvalue weighted by Gasteiger charge is 2.53. The third-order valence-electron chi connectivity index (χ3n) is 6.12. The number of tetrazole rings is 1. The predicted molar refractivity (Wildman–Crippen MR) is 73.8 cm³/mol. The Hall–Kier alpha value is -0.970. The van der Waals surface area contributed by atoms with Gasteiger partial charge >= 0.3 is 0 Å². The van der Waals surface area contributed by atoms with Crippen molar-refractivity contribution in [2.24, 2.45) is 17.8 Å². The van der Waals surface area contributed by atoms with Crippen LogP contribution in [-0.2, 0) is 12.1 Å². The van der Waals surface area contributed by atoms with Crippen molar-refractivity contribution >= 4 is 0 Å². The van der Waals surface area contributed by atoms with Crippen LogP contribution >= 0.6 is 0 Å². The second kappa shape index (κ2) is 4.03. The van der Waals surface area contributed by atoms with Gasteiger partial charge in [-0.15, -0.1) is 5.10 Å². The first-order chi connectivity index (χ1) is 9.81. The summed E-state index contributed by atoms with van der Waals surface area (Å²) in [4.78, 5) is 0. The van der Waals surface area contributed by atoms with E-state index in [2.05, 4.69) is 25.5 Å². The molecule has 5 saturated carbocycles. The lowest BCUT2D eigenvalue weighted by molar-refractivity contribution is -0.0518. The smallest absolute Gasteiger partial charge is 0.165 e. The second-order valence-corrected chi connectivity index (χ2v) is 7.80. The van der Waals surface area contributed by atoms with Gasteiger partial charge in [0.15, 0.2) is 5.82 Å². The van der Waals surface area contributed by atoms with Gasteiger partial charge in [0.2, 0.25) is 0 Å². The fourth-order valence-electron chi connectivity index (χ4n) is 5.53. The zero-order valence-corrected chi connectivity index (χ0v) is 12.0. The Balaban J connectivity index is 1.45. The van der Waals surface area contributed by atoms with Crippen LogP contribution in [-0.4, -0.2) is 26.2 Å². The Labute approximate surface area is 119 Å². The Morgan fingerprint density at radius 1 is 1.05 bits per heavy atom. The zero-order chi connectivity index (χ0) is 13.2. The minimum atomic E-state index is 0.263. The summed E-state index contributed by atoms with van der Waals surface area (Å²) in [5.74, 6) is 3.89. The minimum Gasteiger partial charge on any atom is -0.307 e. The monoisotopic (exact) mass is 273 g/mol. The molecule has 20 heavy (non-hydrogen) atoms. The van der Waals surface area contributed by atoms with Crippen LogP contribution in [0, 0.1) is 17.8 Å². The van der Waals surface area contributed by atoms with Gasteiger partial charge in [0, 0.05) is 6.04 Å². The van der Waals surface area contributed by atoms with Gasteiger partial charge in [-0.3, -0.25) is 0 Å². The van der Waals surface area contributed by atoms with Crippen LogP contribution in [0.25, 0.3) is 0 Å². The SMILES string of the molecule is C(NC1CC1)c1nnnn1C12CC3CC(CC(C3)C1)C2. The molecule has 0 amide bonds. The molecule has 5 fully saturated rings. The van der Waals surface area contributed by atoms with Crippen molar-refractivity contribution < 1.29 is 0 Å². The van der Waals surface area contributed by atoms with Crippen LogP contribution in [0.3, 0.4) is 0 Å². The molecule has 0 atom stereocenters. The Morgan fingerprint density at radius 3 is 2.30 bits per heavy atom. The second-order valence-electron chi connectivity index (χ2n) is 7.80. The Morgan fingerprint density at radius 2 is 1.70 bits per heavy atom. The fourth-order valence-corrected chi connectivity index (χ4v) is 5.53. The summed E-state index contributed by atoms with van der Waals surface area (Å²) in [7, 11) is 0. The number of hydrogen-bond acceptors (Lipinski definition) is 4. The van der Waals surface area contributed by atoms with Gasteiger partial charge in [0.05, 0.1) is 12.1 Å². The van der Waals surface area contributed by atoms with Crippen LogP contribution in [0.4, 0.5) is 0 Å². The summed E-state index contributed by atoms with van der Waals surface area (Å²) in [6.45, 7) is 0.847. The molecule has 5 nitrogen and oxygen atoms in total. The largest absolute Gasteiger partial charge is 0.307 e. The number of nitrogens with one attached hydrogen (secondary N) is 1. The van der Waals surface area contributed by atoms with Crippen molar-refractivity contribution in [2.75, 3.05) is 0 Å². The molecule has 5 aliphatic carbocycles. The van der Waals surface area contributed by atoms with Gasteiger partial charge in [0.25, 0.3) is 0 Å². The molecule has 0 aliphatic heterocycles. The summed E-state index contributed by atoms with van der Waals surface area (Å²) in [6, 6.07) is 0.719. The molecule has 1 aromatic heterocycles. The summed E-state index contributed by atoms with van der Waals surface area (Å²) >= 11 is 0. The molecule has 1 N–H and O–H groups in total. The molecule has 0 unspecified atom stereocenters. The molecule has 0 aromatic carbocycles. The molecule has 4 bridgehead atoms. The highest BCUT2D eigenvalue weighted by atomic mass is 15.6. The van der Waals surface area contributed by atoms with Crippen molar-refractivity contribution in [1.82, 2.24) is 25.5 Å². The third kappa shape index (κ3) is 1.75. The predicted octanol–water partition coefficient (Wildman–Crippen LogP) is 1.85. The molecule has 108 valence electrons. The molecule has 0 radical (unpaired) electrons. The number of nitrogens with zero attached hydrogens (tertiary/aromatic N) is 4. The van der Waals surface area contributed by atoms with E-state index in [0.29, 0.717) is 0 Å². The first kappa shape index (κ1) is 11.7. The highest BCUT2D eigenvalue weighted by molar-refractivity contribution is 5.06. The number of rotatable bonds is 4. The van der Waals surface area contributed by atoms with Gasteiger partial charge in [-0.25, -0.2) is 4.68 Å². The van der Waals surface area contributed by atoms with Crippen LogP contribution < -0.4 is 5.32 Å². The van der Waals surface area contributed by atoms with Gasteiger partial charge in [-0.05, 0) is 79.5 Å². The van der Waals surface area contributed by atoms with Gasteiger partial charge in [0.1, 0.15) is 0 Å². The van der Waals surface area contributed by atoms with Crippen molar-refractivity contribution in [3.05, 3.63) is 5.82 Å². The van der Waals surface area contributed by atoms with Gasteiger partial charge in [-0.2, -0.15) is 0 Å². The molecule has 1 heterocycles. The van der Waals surface area contributed by atoms with E-state index in [0.717, 1.165) is 36.2 Å². The standard InChI is InChI=1S/C15H23N5/c1-2-13(1)16-9-14-17-18-19-20(14)15-6-10-3-11(7-15)5-12(4-10)8-15/h10-13,16H,1-9H2. The van der Waals surface area contributed by atoms with Crippen molar-refractivity contribution in [1.29, 1.82) is 0 Å². The van der Waals surface area contributed by atoms with E-state index in [-0.39, 0.29) is 5.54 Å². The summed E-state index contributed by atoms with van der Waals surface area (Å²) in [5.41, 5.74) is 0.263. The Kier molecular flexibility index (Phi) is 2.35. The van der Waals surface area contributed by atoms with Crippen LogP contribution in [0.2, 0.25) is 0 Å². The summed E-state index contributed by atoms with van der Waals surface area (Å²) in [5, 5.41) is 16.3. The minimum absolute atomic E-state index is 0.263. The van der Waals surface area contributed by atoms with E-state index in [4.69, 9.17) is 0 Å². The highest BCUT2D eigenvalue weighted by Crippen LogP contribution is 2.58. The average molecular weight is 273 g/mol. The number of hydrogen-bond donors (Lipinski definition) is 1. The van der Waals surface area contributed by atoms with E-state index in [9.17, 15) is 0 Å². The van der Waals surface area contributed by atoms with Gasteiger partial charge in [-0.1, -0.05) is 0 Å². The maximum atomic E-state index is 4.42. The average Bonchev–Trinajstić information content (AvgIpc) is 3.11. The first-order valence-electron chi connectivity index (χ1n) is 8.32. The van der Waals surface area contributed by atoms with E-state index in [1.165, 1.54) is 51.4 Å². The topological polar surface area (TPSA) is 55.6 Å². The molecule has 6 rings (SSSR count). The molecule has 1 aromatic rings. The quantitative estimate of drug-likeness (QED) is 0.909. The molecular weight excluding hydrogens is 250 g/mol. The van der Waals surface area contributed by atoms with E-state index >= 15 is 0 Å². The third-order valence-corrected chi connectivity index (χ3v) is 6.12. The summed E-state index contributed by atoms with van der Waals surface area (Å²) in [6.07, 6.45) is 11.0.